The molecule has 0 spiro atoms. The molecule has 0 unspecified atom stereocenters. The summed E-state index contributed by atoms with van der Waals surface area (Å²) in [6.07, 6.45) is 3.09. The molecule has 0 bridgehead atoms. The van der Waals surface area contributed by atoms with E-state index >= 15 is 0 Å². The van der Waals surface area contributed by atoms with E-state index in [2.05, 4.69) is 26.3 Å². The summed E-state index contributed by atoms with van der Waals surface area (Å²) >= 11 is 1.43. The van der Waals surface area contributed by atoms with E-state index in [-0.39, 0.29) is 11.8 Å². The van der Waals surface area contributed by atoms with Crippen LogP contribution in [0.5, 0.6) is 5.75 Å². The first-order valence-corrected chi connectivity index (χ1v) is 10.6. The maximum absolute atomic E-state index is 12.7. The topological polar surface area (TPSA) is 91.1 Å². The van der Waals surface area contributed by atoms with Crippen molar-refractivity contribution in [3.05, 3.63) is 53.5 Å². The number of rotatable bonds is 5. The van der Waals surface area contributed by atoms with E-state index < -0.39 is 0 Å². The van der Waals surface area contributed by atoms with Crippen LogP contribution >= 0.6 is 11.3 Å². The number of hydrogen-bond acceptors (Lipinski definition) is 7. The molecule has 1 aliphatic rings. The molecule has 0 aliphatic carbocycles. The molecule has 152 valence electrons. The van der Waals surface area contributed by atoms with Gasteiger partial charge >= 0.3 is 0 Å². The average Bonchev–Trinajstić information content (AvgIpc) is 3.27. The number of piperidine rings is 1. The summed E-state index contributed by atoms with van der Waals surface area (Å²) in [6.45, 7) is 1.51. The second-order valence-corrected chi connectivity index (χ2v) is 7.89. The number of nitrogens with one attached hydrogen (secondary N) is 1. The molecule has 1 aliphatic heterocycles. The normalized spacial score (nSPS) is 14.2. The first-order valence-electron chi connectivity index (χ1n) is 9.68. The summed E-state index contributed by atoms with van der Waals surface area (Å²) in [6, 6.07) is 13.4. The van der Waals surface area contributed by atoms with Gasteiger partial charge in [0.05, 0.1) is 18.4 Å². The van der Waals surface area contributed by atoms with Crippen molar-refractivity contribution in [1.82, 2.24) is 9.97 Å². The summed E-state index contributed by atoms with van der Waals surface area (Å²) in [5.41, 5.74) is 2.36. The Hall–Kier alpha value is -3.44. The molecule has 30 heavy (non-hydrogen) atoms. The van der Waals surface area contributed by atoms with Crippen molar-refractivity contribution in [1.29, 1.82) is 5.26 Å². The number of benzene rings is 1. The highest BCUT2D eigenvalue weighted by atomic mass is 32.1. The minimum absolute atomic E-state index is 0.0121. The molecular formula is C22H21N5O2S. The van der Waals surface area contributed by atoms with Gasteiger partial charge in [-0.15, -0.1) is 11.3 Å². The summed E-state index contributed by atoms with van der Waals surface area (Å²) < 4.78 is 5.18. The number of carbonyl (C=O) groups excluding carboxylic acids is 1. The molecule has 0 saturated carbocycles. The Morgan fingerprint density at radius 1 is 1.23 bits per heavy atom. The van der Waals surface area contributed by atoms with Crippen LogP contribution in [0.25, 0.3) is 11.3 Å². The van der Waals surface area contributed by atoms with Crippen molar-refractivity contribution in [2.45, 2.75) is 12.8 Å². The third-order valence-electron chi connectivity index (χ3n) is 5.19. The maximum Gasteiger partial charge on any atom is 0.229 e. The standard InChI is InChI=1S/C22H21N5O2S/c1-29-18-5-3-16(4-6-18)19-14-30-22(25-19)26-21(28)17-8-10-27(11-9-17)20-7-2-15(12-23)13-24-20/h2-7,13-14,17H,8-11H2,1H3,(H,25,26,28). The van der Waals surface area contributed by atoms with E-state index in [1.54, 1.807) is 19.4 Å². The van der Waals surface area contributed by atoms with Gasteiger partial charge in [0.1, 0.15) is 17.6 Å². The van der Waals surface area contributed by atoms with E-state index in [4.69, 9.17) is 10.00 Å². The monoisotopic (exact) mass is 419 g/mol. The first kappa shape index (κ1) is 19.9. The molecular weight excluding hydrogens is 398 g/mol. The van der Waals surface area contributed by atoms with Crippen LogP contribution < -0.4 is 15.0 Å². The van der Waals surface area contributed by atoms with Crippen molar-refractivity contribution >= 4 is 28.2 Å². The Morgan fingerprint density at radius 3 is 2.63 bits per heavy atom. The zero-order valence-electron chi connectivity index (χ0n) is 16.5. The van der Waals surface area contributed by atoms with E-state index in [9.17, 15) is 4.79 Å². The molecule has 4 rings (SSSR count). The lowest BCUT2D eigenvalue weighted by Gasteiger charge is -2.31. The van der Waals surface area contributed by atoms with E-state index in [1.807, 2.05) is 35.7 Å². The van der Waals surface area contributed by atoms with E-state index in [1.165, 1.54) is 11.3 Å². The molecule has 3 aromatic rings. The average molecular weight is 420 g/mol. The van der Waals surface area contributed by atoms with Gasteiger partial charge < -0.3 is 15.0 Å². The van der Waals surface area contributed by atoms with Crippen LogP contribution in [-0.4, -0.2) is 36.1 Å². The number of amides is 1. The van der Waals surface area contributed by atoms with Crippen molar-refractivity contribution in [2.24, 2.45) is 5.92 Å². The quantitative estimate of drug-likeness (QED) is 0.674. The number of anilines is 2. The van der Waals surface area contributed by atoms with Crippen LogP contribution in [0.4, 0.5) is 10.9 Å². The molecule has 8 heteroatoms. The smallest absolute Gasteiger partial charge is 0.229 e. The van der Waals surface area contributed by atoms with Crippen LogP contribution in [0.1, 0.15) is 18.4 Å². The van der Waals surface area contributed by atoms with Gasteiger partial charge in [-0.3, -0.25) is 4.79 Å². The number of nitrogens with zero attached hydrogens (tertiary/aromatic N) is 4. The predicted octanol–water partition coefficient (Wildman–Crippen LogP) is 3.94. The minimum atomic E-state index is -0.0482. The first-order chi connectivity index (χ1) is 14.7. The van der Waals surface area contributed by atoms with Crippen LogP contribution in [0.2, 0.25) is 0 Å². The molecule has 1 N–H and O–H groups in total. The Morgan fingerprint density at radius 2 is 2.00 bits per heavy atom. The lowest BCUT2D eigenvalue weighted by Crippen LogP contribution is -2.38. The summed E-state index contributed by atoms with van der Waals surface area (Å²) in [5, 5.41) is 14.4. The zero-order chi connectivity index (χ0) is 20.9. The van der Waals surface area contributed by atoms with Gasteiger partial charge in [0.25, 0.3) is 0 Å². The highest BCUT2D eigenvalue weighted by molar-refractivity contribution is 7.14. The molecule has 3 heterocycles. The van der Waals surface area contributed by atoms with E-state index in [0.29, 0.717) is 10.7 Å². The number of aromatic nitrogens is 2. The molecule has 7 nitrogen and oxygen atoms in total. The Kier molecular flexibility index (Phi) is 5.91. The minimum Gasteiger partial charge on any atom is -0.497 e. The van der Waals surface area contributed by atoms with Gasteiger partial charge in [-0.25, -0.2) is 9.97 Å². The fourth-order valence-electron chi connectivity index (χ4n) is 3.44. The second-order valence-electron chi connectivity index (χ2n) is 7.03. The molecule has 0 atom stereocenters. The maximum atomic E-state index is 12.7. The number of nitriles is 1. The number of thiazole rings is 1. The number of methoxy groups -OCH3 is 1. The van der Waals surface area contributed by atoms with Gasteiger partial charge in [-0.2, -0.15) is 5.26 Å². The summed E-state index contributed by atoms with van der Waals surface area (Å²) in [4.78, 5) is 23.7. The zero-order valence-corrected chi connectivity index (χ0v) is 17.4. The third-order valence-corrected chi connectivity index (χ3v) is 5.94. The van der Waals surface area contributed by atoms with Gasteiger partial charge in [0, 0.05) is 36.1 Å². The summed E-state index contributed by atoms with van der Waals surface area (Å²) in [7, 11) is 1.64. The Balaban J connectivity index is 1.32. The van der Waals surface area contributed by atoms with Gasteiger partial charge in [-0.05, 0) is 49.2 Å². The number of ether oxygens (including phenoxy) is 1. The lowest BCUT2D eigenvalue weighted by molar-refractivity contribution is -0.120. The molecule has 1 aromatic carbocycles. The van der Waals surface area contributed by atoms with Crippen molar-refractivity contribution in [2.75, 3.05) is 30.4 Å². The number of pyridine rings is 1. The molecule has 1 saturated heterocycles. The lowest BCUT2D eigenvalue weighted by atomic mass is 9.96. The van der Waals surface area contributed by atoms with Gasteiger partial charge in [-0.1, -0.05) is 0 Å². The van der Waals surface area contributed by atoms with Gasteiger partial charge in [0.2, 0.25) is 5.91 Å². The van der Waals surface area contributed by atoms with Crippen LogP contribution in [0.3, 0.4) is 0 Å². The fraction of sp³-hybridized carbons (Fsp3) is 0.273. The Labute approximate surface area is 179 Å². The molecule has 0 radical (unpaired) electrons. The molecule has 2 aromatic heterocycles. The van der Waals surface area contributed by atoms with Gasteiger partial charge in [0.15, 0.2) is 5.13 Å². The molecule has 1 amide bonds. The largest absolute Gasteiger partial charge is 0.497 e. The SMILES string of the molecule is COc1ccc(-c2csc(NC(=O)C3CCN(c4ccc(C#N)cn4)CC3)n2)cc1. The predicted molar refractivity (Wildman–Crippen MR) is 117 cm³/mol. The fourth-order valence-corrected chi connectivity index (χ4v) is 4.17. The Bertz CT molecular complexity index is 1050. The van der Waals surface area contributed by atoms with Crippen molar-refractivity contribution in [3.8, 4) is 23.1 Å². The highest BCUT2D eigenvalue weighted by Gasteiger charge is 2.26. The molecule has 1 fully saturated rings. The van der Waals surface area contributed by atoms with E-state index in [0.717, 1.165) is 48.8 Å². The van der Waals surface area contributed by atoms with Crippen molar-refractivity contribution in [3.63, 3.8) is 0 Å². The number of carbonyl (C=O) groups is 1. The highest BCUT2D eigenvalue weighted by Crippen LogP contribution is 2.28. The van der Waals surface area contributed by atoms with Crippen LogP contribution in [0, 0.1) is 17.2 Å². The summed E-state index contributed by atoms with van der Waals surface area (Å²) in [5.74, 6) is 1.60. The third kappa shape index (κ3) is 4.42. The van der Waals surface area contributed by atoms with Crippen molar-refractivity contribution < 1.29 is 9.53 Å². The second kappa shape index (κ2) is 8.93. The van der Waals surface area contributed by atoms with Crippen LogP contribution in [0.15, 0.2) is 48.0 Å². The van der Waals surface area contributed by atoms with Crippen LogP contribution in [-0.2, 0) is 4.79 Å². The number of hydrogen-bond donors (Lipinski definition) is 1.